The van der Waals surface area contributed by atoms with Crippen molar-refractivity contribution >= 4 is 14.2 Å². The van der Waals surface area contributed by atoms with Crippen molar-refractivity contribution in [1.82, 2.24) is 14.5 Å². The van der Waals surface area contributed by atoms with Gasteiger partial charge in [-0.2, -0.15) is 0 Å². The Kier molecular flexibility index (Phi) is 5.23. The molecular weight excluding hydrogens is 346 g/mol. The van der Waals surface area contributed by atoms with Crippen molar-refractivity contribution < 1.29 is 14.3 Å². The van der Waals surface area contributed by atoms with Gasteiger partial charge in [-0.25, -0.2) is 9.78 Å². The third kappa shape index (κ3) is 4.68. The third-order valence-electron chi connectivity index (χ3n) is 4.98. The van der Waals surface area contributed by atoms with Crippen LogP contribution in [0.2, 0.25) is 25.7 Å². The van der Waals surface area contributed by atoms with Gasteiger partial charge in [-0.3, -0.25) is 4.90 Å². The highest BCUT2D eigenvalue weighted by Gasteiger charge is 2.56. The van der Waals surface area contributed by atoms with Gasteiger partial charge < -0.3 is 14.0 Å². The highest BCUT2D eigenvalue weighted by atomic mass is 28.3. The van der Waals surface area contributed by atoms with Crippen LogP contribution in [0.15, 0.2) is 12.4 Å². The second-order valence-electron chi connectivity index (χ2n) is 9.81. The standard InChI is InChI=1S/C19H33N3O3Si/c1-19(2,3)25-18(23)22-15-11-14(15)12-16(22)17-20-7-8-21(17)13-24-9-10-26(4,5)6/h7-8,14-16H,9-13H2,1-6H3/t14?,15?,16-/m0/s1. The summed E-state index contributed by atoms with van der Waals surface area (Å²) in [5.74, 6) is 1.50. The van der Waals surface area contributed by atoms with E-state index in [9.17, 15) is 4.79 Å². The van der Waals surface area contributed by atoms with Crippen LogP contribution < -0.4 is 0 Å². The van der Waals surface area contributed by atoms with Crippen LogP contribution in [-0.2, 0) is 16.2 Å². The van der Waals surface area contributed by atoms with E-state index in [2.05, 4.69) is 24.6 Å². The Morgan fingerprint density at radius 2 is 2.04 bits per heavy atom. The Morgan fingerprint density at radius 3 is 2.69 bits per heavy atom. The molecule has 6 nitrogen and oxygen atoms in total. The Morgan fingerprint density at radius 1 is 1.31 bits per heavy atom. The Labute approximate surface area is 157 Å². The molecule has 0 radical (unpaired) electrons. The maximum atomic E-state index is 12.7. The molecule has 1 amide bonds. The van der Waals surface area contributed by atoms with E-state index in [4.69, 9.17) is 9.47 Å². The predicted molar refractivity (Wildman–Crippen MR) is 104 cm³/mol. The van der Waals surface area contributed by atoms with Gasteiger partial charge >= 0.3 is 6.09 Å². The van der Waals surface area contributed by atoms with Crippen molar-refractivity contribution in [3.05, 3.63) is 18.2 Å². The number of amides is 1. The van der Waals surface area contributed by atoms with Gasteiger partial charge in [-0.05, 0) is 45.6 Å². The number of hydrogen-bond acceptors (Lipinski definition) is 4. The fraction of sp³-hybridized carbons (Fsp3) is 0.789. The Hall–Kier alpha value is -1.34. The van der Waals surface area contributed by atoms with Crippen LogP contribution in [-0.4, -0.2) is 46.9 Å². The summed E-state index contributed by atoms with van der Waals surface area (Å²) in [6.07, 6.45) is 5.58. The van der Waals surface area contributed by atoms with Gasteiger partial charge in [0.15, 0.2) is 0 Å². The minimum Gasteiger partial charge on any atom is -0.444 e. The zero-order valence-corrected chi connectivity index (χ0v) is 18.0. The Balaban J connectivity index is 1.65. The number of hydrogen-bond donors (Lipinski definition) is 0. The number of rotatable bonds is 6. The zero-order chi connectivity index (χ0) is 19.1. The van der Waals surface area contributed by atoms with Crippen molar-refractivity contribution in [2.75, 3.05) is 6.61 Å². The van der Waals surface area contributed by atoms with Crippen LogP contribution >= 0.6 is 0 Å². The molecule has 26 heavy (non-hydrogen) atoms. The SMILES string of the molecule is CC(C)(C)OC(=O)N1C2CC2C[C@H]1c1nccn1COCC[Si](C)(C)C. The van der Waals surface area contributed by atoms with Crippen LogP contribution in [0.5, 0.6) is 0 Å². The van der Waals surface area contributed by atoms with Crippen molar-refractivity contribution in [3.63, 3.8) is 0 Å². The lowest BCUT2D eigenvalue weighted by molar-refractivity contribution is 0.0159. The van der Waals surface area contributed by atoms with Crippen LogP contribution in [0.4, 0.5) is 4.79 Å². The van der Waals surface area contributed by atoms with Gasteiger partial charge in [0.05, 0.1) is 6.04 Å². The van der Waals surface area contributed by atoms with Crippen LogP contribution in [0.3, 0.4) is 0 Å². The third-order valence-corrected chi connectivity index (χ3v) is 6.69. The maximum Gasteiger partial charge on any atom is 0.411 e. The van der Waals surface area contributed by atoms with Gasteiger partial charge in [0, 0.05) is 33.1 Å². The number of likely N-dealkylation sites (tertiary alicyclic amines) is 1. The molecule has 3 rings (SSSR count). The summed E-state index contributed by atoms with van der Waals surface area (Å²) in [7, 11) is -1.09. The summed E-state index contributed by atoms with van der Waals surface area (Å²) in [6, 6.07) is 1.45. The molecule has 0 spiro atoms. The highest BCUT2D eigenvalue weighted by molar-refractivity contribution is 6.76. The van der Waals surface area contributed by atoms with Crippen LogP contribution in [0.25, 0.3) is 0 Å². The maximum absolute atomic E-state index is 12.7. The largest absolute Gasteiger partial charge is 0.444 e. The minimum absolute atomic E-state index is 0.0100. The van der Waals surface area contributed by atoms with Crippen LogP contribution in [0, 0.1) is 5.92 Å². The first-order valence-corrected chi connectivity index (χ1v) is 13.4. The molecule has 7 heteroatoms. The smallest absolute Gasteiger partial charge is 0.411 e. The normalized spacial score (nSPS) is 25.3. The van der Waals surface area contributed by atoms with E-state index in [1.807, 2.05) is 36.4 Å². The highest BCUT2D eigenvalue weighted by Crippen LogP contribution is 2.53. The van der Waals surface area contributed by atoms with Crippen molar-refractivity contribution in [1.29, 1.82) is 0 Å². The summed E-state index contributed by atoms with van der Waals surface area (Å²) in [4.78, 5) is 19.2. The average molecular weight is 380 g/mol. The molecule has 1 saturated carbocycles. The lowest BCUT2D eigenvalue weighted by Crippen LogP contribution is -2.39. The zero-order valence-electron chi connectivity index (χ0n) is 17.0. The number of fused-ring (bicyclic) bond motifs is 1. The molecule has 0 bridgehead atoms. The first-order chi connectivity index (χ1) is 12.1. The van der Waals surface area contributed by atoms with E-state index in [1.54, 1.807) is 6.20 Å². The fourth-order valence-electron chi connectivity index (χ4n) is 3.53. The number of piperidine rings is 1. The van der Waals surface area contributed by atoms with Crippen molar-refractivity contribution in [2.24, 2.45) is 5.92 Å². The summed E-state index contributed by atoms with van der Waals surface area (Å²) < 4.78 is 13.6. The molecule has 146 valence electrons. The summed E-state index contributed by atoms with van der Waals surface area (Å²) in [5.41, 5.74) is -0.482. The van der Waals surface area contributed by atoms with E-state index in [0.717, 1.165) is 31.3 Å². The summed E-state index contributed by atoms with van der Waals surface area (Å²) in [6.45, 7) is 14.1. The van der Waals surface area contributed by atoms with Gasteiger partial charge in [0.1, 0.15) is 18.2 Å². The number of imidazole rings is 1. The first-order valence-electron chi connectivity index (χ1n) is 9.65. The number of carbonyl (C=O) groups is 1. The molecule has 2 unspecified atom stereocenters. The number of ether oxygens (including phenoxy) is 2. The van der Waals surface area contributed by atoms with E-state index >= 15 is 0 Å². The number of aromatic nitrogens is 2. The first kappa shape index (κ1) is 19.4. The molecule has 3 atom stereocenters. The number of carbonyl (C=O) groups excluding carboxylic acids is 1. The van der Waals surface area contributed by atoms with Crippen molar-refractivity contribution in [2.45, 2.75) is 83.7 Å². The quantitative estimate of drug-likeness (QED) is 0.547. The van der Waals surface area contributed by atoms with Gasteiger partial charge in [-0.1, -0.05) is 19.6 Å². The van der Waals surface area contributed by atoms with Crippen molar-refractivity contribution in [3.8, 4) is 0 Å². The van der Waals surface area contributed by atoms with E-state index < -0.39 is 13.7 Å². The summed E-state index contributed by atoms with van der Waals surface area (Å²) >= 11 is 0. The van der Waals surface area contributed by atoms with Gasteiger partial charge in [-0.15, -0.1) is 0 Å². The van der Waals surface area contributed by atoms with E-state index in [1.165, 1.54) is 0 Å². The monoisotopic (exact) mass is 379 g/mol. The summed E-state index contributed by atoms with van der Waals surface area (Å²) in [5, 5.41) is 0. The van der Waals surface area contributed by atoms with Crippen LogP contribution in [0.1, 0.15) is 45.5 Å². The molecule has 2 fully saturated rings. The van der Waals surface area contributed by atoms with Gasteiger partial charge in [0.25, 0.3) is 0 Å². The molecule has 1 aliphatic heterocycles. The van der Waals surface area contributed by atoms with E-state index in [-0.39, 0.29) is 12.1 Å². The number of nitrogens with zero attached hydrogens (tertiary/aromatic N) is 3. The molecule has 2 heterocycles. The van der Waals surface area contributed by atoms with E-state index in [0.29, 0.717) is 18.7 Å². The predicted octanol–water partition coefficient (Wildman–Crippen LogP) is 4.27. The molecule has 0 aromatic carbocycles. The lowest BCUT2D eigenvalue weighted by atomic mass is 10.1. The second kappa shape index (κ2) is 7.00. The molecule has 1 aromatic heterocycles. The molecule has 1 aromatic rings. The fourth-order valence-corrected chi connectivity index (χ4v) is 4.29. The molecule has 2 aliphatic rings. The Bertz CT molecular complexity index is 647. The second-order valence-corrected chi connectivity index (χ2v) is 15.4. The molecule has 1 aliphatic carbocycles. The molecule has 1 saturated heterocycles. The van der Waals surface area contributed by atoms with Gasteiger partial charge in [0.2, 0.25) is 0 Å². The average Bonchev–Trinajstić information content (AvgIpc) is 2.93. The molecular formula is C19H33N3O3Si. The topological polar surface area (TPSA) is 56.6 Å². The minimum atomic E-state index is -1.09. The lowest BCUT2D eigenvalue weighted by Gasteiger charge is -2.30. The molecule has 0 N–H and O–H groups in total.